The van der Waals surface area contributed by atoms with Gasteiger partial charge in [-0.3, -0.25) is 0 Å². The monoisotopic (exact) mass is 308 g/mol. The Morgan fingerprint density at radius 3 is 2.65 bits per heavy atom. The Morgan fingerprint density at radius 2 is 2.00 bits per heavy atom. The molecule has 20 heavy (non-hydrogen) atoms. The van der Waals surface area contributed by atoms with Crippen molar-refractivity contribution >= 4 is 22.9 Å². The summed E-state index contributed by atoms with van der Waals surface area (Å²) in [6.07, 6.45) is 0. The van der Waals surface area contributed by atoms with Crippen LogP contribution in [-0.2, 0) is 6.54 Å². The molecule has 1 unspecified atom stereocenters. The van der Waals surface area contributed by atoms with Crippen molar-refractivity contribution in [3.63, 3.8) is 0 Å². The van der Waals surface area contributed by atoms with Gasteiger partial charge in [-0.15, -0.1) is 11.3 Å². The van der Waals surface area contributed by atoms with Gasteiger partial charge in [-0.1, -0.05) is 29.8 Å². The molecule has 1 atom stereocenters. The van der Waals surface area contributed by atoms with Crippen LogP contribution in [0, 0.1) is 0 Å². The van der Waals surface area contributed by atoms with Crippen LogP contribution in [-0.4, -0.2) is 25.0 Å². The van der Waals surface area contributed by atoms with Gasteiger partial charge in [-0.2, -0.15) is 0 Å². The van der Waals surface area contributed by atoms with Crippen molar-refractivity contribution in [2.24, 2.45) is 0 Å². The zero-order valence-corrected chi connectivity index (χ0v) is 13.5. The Balaban J connectivity index is 1.70. The molecule has 1 aromatic carbocycles. The fourth-order valence-corrected chi connectivity index (χ4v) is 2.98. The minimum absolute atomic E-state index is 0.430. The average Bonchev–Trinajstić information content (AvgIpc) is 2.95. The number of benzene rings is 1. The normalized spacial score (nSPS) is 12.8. The number of rotatable bonds is 7. The predicted molar refractivity (Wildman–Crippen MR) is 88.5 cm³/mol. The molecule has 2 nitrogen and oxygen atoms in total. The molecule has 0 spiro atoms. The van der Waals surface area contributed by atoms with Crippen molar-refractivity contribution in [2.75, 3.05) is 20.1 Å². The molecule has 108 valence electrons. The molecule has 4 heteroatoms. The lowest BCUT2D eigenvalue weighted by atomic mass is 10.2. The van der Waals surface area contributed by atoms with Crippen LogP contribution < -0.4 is 5.32 Å². The Bertz CT molecular complexity index is 496. The number of hydrogen-bond donors (Lipinski definition) is 1. The second kappa shape index (κ2) is 7.79. The Labute approximate surface area is 130 Å². The zero-order valence-electron chi connectivity index (χ0n) is 12.0. The molecule has 1 aromatic heterocycles. The van der Waals surface area contributed by atoms with E-state index in [4.69, 9.17) is 11.6 Å². The first-order chi connectivity index (χ1) is 9.65. The number of nitrogens with zero attached hydrogens (tertiary/aromatic N) is 1. The summed E-state index contributed by atoms with van der Waals surface area (Å²) in [4.78, 5) is 3.71. The number of thiophene rings is 1. The highest BCUT2D eigenvalue weighted by Crippen LogP contribution is 2.17. The molecule has 0 aliphatic heterocycles. The van der Waals surface area contributed by atoms with Crippen molar-refractivity contribution in [3.8, 4) is 0 Å². The van der Waals surface area contributed by atoms with Crippen molar-refractivity contribution in [3.05, 3.63) is 57.2 Å². The summed E-state index contributed by atoms with van der Waals surface area (Å²) in [5.74, 6) is 0. The van der Waals surface area contributed by atoms with Crippen LogP contribution in [0.2, 0.25) is 5.02 Å². The van der Waals surface area contributed by atoms with Crippen LogP contribution in [0.1, 0.15) is 23.4 Å². The van der Waals surface area contributed by atoms with Gasteiger partial charge in [0, 0.05) is 35.6 Å². The molecule has 0 aliphatic rings. The van der Waals surface area contributed by atoms with Gasteiger partial charge in [0.05, 0.1) is 0 Å². The molecule has 0 saturated carbocycles. The fraction of sp³-hybridized carbons (Fsp3) is 0.375. The number of hydrogen-bond acceptors (Lipinski definition) is 3. The highest BCUT2D eigenvalue weighted by atomic mass is 35.5. The average molecular weight is 309 g/mol. The maximum atomic E-state index is 5.89. The maximum absolute atomic E-state index is 5.89. The molecular formula is C16H21ClN2S. The van der Waals surface area contributed by atoms with E-state index in [1.165, 1.54) is 10.4 Å². The van der Waals surface area contributed by atoms with E-state index in [0.29, 0.717) is 6.04 Å². The molecule has 0 radical (unpaired) electrons. The second-order valence-electron chi connectivity index (χ2n) is 5.06. The fourth-order valence-electron chi connectivity index (χ4n) is 2.09. The molecule has 0 bridgehead atoms. The van der Waals surface area contributed by atoms with Gasteiger partial charge in [0.2, 0.25) is 0 Å². The summed E-state index contributed by atoms with van der Waals surface area (Å²) in [5, 5.41) is 6.48. The maximum Gasteiger partial charge on any atom is 0.0406 e. The number of halogens is 1. The van der Waals surface area contributed by atoms with Gasteiger partial charge in [0.15, 0.2) is 0 Å². The topological polar surface area (TPSA) is 15.3 Å². The lowest BCUT2D eigenvalue weighted by Gasteiger charge is -2.19. The summed E-state index contributed by atoms with van der Waals surface area (Å²) >= 11 is 7.70. The molecule has 2 rings (SSSR count). The summed E-state index contributed by atoms with van der Waals surface area (Å²) < 4.78 is 0. The SMILES string of the molecule is CC(NCCN(C)Cc1ccc(Cl)cc1)c1cccs1. The minimum Gasteiger partial charge on any atom is -0.308 e. The molecule has 1 heterocycles. The second-order valence-corrected chi connectivity index (χ2v) is 6.47. The van der Waals surface area contributed by atoms with Crippen molar-refractivity contribution < 1.29 is 0 Å². The van der Waals surface area contributed by atoms with Crippen LogP contribution in [0.4, 0.5) is 0 Å². The third-order valence-electron chi connectivity index (χ3n) is 3.28. The van der Waals surface area contributed by atoms with Gasteiger partial charge in [-0.25, -0.2) is 0 Å². The summed E-state index contributed by atoms with van der Waals surface area (Å²) in [5.41, 5.74) is 1.29. The Hall–Kier alpha value is -0.870. The molecule has 2 aromatic rings. The predicted octanol–water partition coefficient (Wildman–Crippen LogP) is 4.18. The van der Waals surface area contributed by atoms with Crippen molar-refractivity contribution in [1.29, 1.82) is 0 Å². The minimum atomic E-state index is 0.430. The first-order valence-electron chi connectivity index (χ1n) is 6.85. The molecule has 0 fully saturated rings. The van der Waals surface area contributed by atoms with E-state index >= 15 is 0 Å². The summed E-state index contributed by atoms with van der Waals surface area (Å²) in [6, 6.07) is 12.8. The molecule has 0 aliphatic carbocycles. The van der Waals surface area contributed by atoms with Gasteiger partial charge in [0.25, 0.3) is 0 Å². The van der Waals surface area contributed by atoms with Crippen LogP contribution in [0.5, 0.6) is 0 Å². The van der Waals surface area contributed by atoms with E-state index in [-0.39, 0.29) is 0 Å². The molecule has 0 amide bonds. The standard InChI is InChI=1S/C16H21ClN2S/c1-13(16-4-3-11-20-16)18-9-10-19(2)12-14-5-7-15(17)8-6-14/h3-8,11,13,18H,9-10,12H2,1-2H3. The quantitative estimate of drug-likeness (QED) is 0.825. The van der Waals surface area contributed by atoms with E-state index in [2.05, 4.69) is 53.8 Å². The summed E-state index contributed by atoms with van der Waals surface area (Å²) in [7, 11) is 2.14. The first-order valence-corrected chi connectivity index (χ1v) is 8.10. The van der Waals surface area contributed by atoms with Gasteiger partial charge < -0.3 is 10.2 Å². The van der Waals surface area contributed by atoms with Crippen LogP contribution >= 0.6 is 22.9 Å². The van der Waals surface area contributed by atoms with Crippen molar-refractivity contribution in [1.82, 2.24) is 10.2 Å². The zero-order chi connectivity index (χ0) is 14.4. The van der Waals surface area contributed by atoms with Crippen LogP contribution in [0.25, 0.3) is 0 Å². The van der Waals surface area contributed by atoms with E-state index in [9.17, 15) is 0 Å². The first kappa shape index (κ1) is 15.5. The smallest absolute Gasteiger partial charge is 0.0406 e. The highest BCUT2D eigenvalue weighted by molar-refractivity contribution is 7.10. The number of nitrogens with one attached hydrogen (secondary N) is 1. The Kier molecular flexibility index (Phi) is 6.05. The van der Waals surface area contributed by atoms with Crippen LogP contribution in [0.15, 0.2) is 41.8 Å². The van der Waals surface area contributed by atoms with E-state index in [1.54, 1.807) is 11.3 Å². The van der Waals surface area contributed by atoms with Gasteiger partial charge in [-0.05, 0) is 43.1 Å². The van der Waals surface area contributed by atoms with E-state index < -0.39 is 0 Å². The lowest BCUT2D eigenvalue weighted by molar-refractivity contribution is 0.319. The van der Waals surface area contributed by atoms with Gasteiger partial charge in [0.1, 0.15) is 0 Å². The largest absolute Gasteiger partial charge is 0.308 e. The van der Waals surface area contributed by atoms with Crippen LogP contribution in [0.3, 0.4) is 0 Å². The summed E-state index contributed by atoms with van der Waals surface area (Å²) in [6.45, 7) is 5.18. The van der Waals surface area contributed by atoms with Crippen molar-refractivity contribution in [2.45, 2.75) is 19.5 Å². The molecule has 0 saturated heterocycles. The molecule has 1 N–H and O–H groups in total. The number of likely N-dealkylation sites (N-methyl/N-ethyl adjacent to an activating group) is 1. The lowest BCUT2D eigenvalue weighted by Crippen LogP contribution is -2.30. The highest BCUT2D eigenvalue weighted by Gasteiger charge is 2.06. The van der Waals surface area contributed by atoms with E-state index in [1.807, 2.05) is 12.1 Å². The molecular weight excluding hydrogens is 288 g/mol. The third kappa shape index (κ3) is 4.91. The van der Waals surface area contributed by atoms with Gasteiger partial charge >= 0.3 is 0 Å². The Morgan fingerprint density at radius 1 is 1.25 bits per heavy atom. The third-order valence-corrected chi connectivity index (χ3v) is 4.59. The van der Waals surface area contributed by atoms with E-state index in [0.717, 1.165) is 24.7 Å².